The third kappa shape index (κ3) is 7.35. The molecule has 0 saturated carbocycles. The lowest BCUT2D eigenvalue weighted by Gasteiger charge is -2.22. The molecule has 3 amide bonds. The van der Waals surface area contributed by atoms with Crippen LogP contribution >= 0.6 is 0 Å². The van der Waals surface area contributed by atoms with Crippen LogP contribution in [0.3, 0.4) is 0 Å². The van der Waals surface area contributed by atoms with E-state index in [9.17, 15) is 14.4 Å². The molecule has 0 fully saturated rings. The van der Waals surface area contributed by atoms with Gasteiger partial charge < -0.3 is 27.8 Å². The van der Waals surface area contributed by atoms with Crippen molar-refractivity contribution in [2.45, 2.75) is 31.3 Å². The van der Waals surface area contributed by atoms with Crippen molar-refractivity contribution < 1.29 is 19.2 Å². The van der Waals surface area contributed by atoms with Gasteiger partial charge in [-0.3, -0.25) is 29.2 Å². The molecular formula is C19H28N8O4. The van der Waals surface area contributed by atoms with Crippen molar-refractivity contribution in [3.05, 3.63) is 34.8 Å². The van der Waals surface area contributed by atoms with E-state index in [-0.39, 0.29) is 25.3 Å². The molecule has 0 aliphatic carbocycles. The van der Waals surface area contributed by atoms with Crippen molar-refractivity contribution >= 4 is 29.3 Å². The summed E-state index contributed by atoms with van der Waals surface area (Å²) in [7, 11) is 0. The van der Waals surface area contributed by atoms with E-state index in [1.54, 1.807) is 0 Å². The number of guanidine groups is 1. The fourth-order valence-electron chi connectivity index (χ4n) is 3.18. The van der Waals surface area contributed by atoms with E-state index in [1.807, 2.05) is 24.3 Å². The minimum absolute atomic E-state index is 0.0659. The minimum Gasteiger partial charge on any atom is -0.370 e. The first-order valence-electron chi connectivity index (χ1n) is 9.69. The van der Waals surface area contributed by atoms with E-state index >= 15 is 0 Å². The largest absolute Gasteiger partial charge is 0.370 e. The Bertz CT molecular complexity index is 958. The summed E-state index contributed by atoms with van der Waals surface area (Å²) in [6.07, 6.45) is 0.856. The molecule has 31 heavy (non-hydrogen) atoms. The molecule has 0 bridgehead atoms. The Balaban J connectivity index is 2.14. The predicted octanol–water partition coefficient (Wildman–Crippen LogP) is -3.74. The number of nitrogens with one attached hydrogen (secondary N) is 2. The van der Waals surface area contributed by atoms with Gasteiger partial charge in [-0.15, -0.1) is 0 Å². The number of fused-ring (bicyclic) bond motifs is 1. The van der Waals surface area contributed by atoms with Crippen LogP contribution in [0.2, 0.25) is 0 Å². The van der Waals surface area contributed by atoms with Crippen molar-refractivity contribution in [3.8, 4) is 0 Å². The lowest BCUT2D eigenvalue weighted by atomic mass is 10.0. The zero-order chi connectivity index (χ0) is 22.8. The Hall–Kier alpha value is -3.51. The number of benzene rings is 1. The Morgan fingerprint density at radius 2 is 1.87 bits per heavy atom. The van der Waals surface area contributed by atoms with Gasteiger partial charge in [0.1, 0.15) is 18.7 Å². The van der Waals surface area contributed by atoms with E-state index in [4.69, 9.17) is 23.1 Å². The number of nitrogens with zero attached hydrogens (tertiary/aromatic N) is 2. The fourth-order valence-corrected chi connectivity index (χ4v) is 3.18. The molecule has 1 heterocycles. The van der Waals surface area contributed by atoms with Crippen LogP contribution in [-0.4, -0.2) is 55.5 Å². The third-order valence-corrected chi connectivity index (χ3v) is 4.65. The van der Waals surface area contributed by atoms with E-state index in [0.29, 0.717) is 13.0 Å². The molecule has 168 valence electrons. The van der Waals surface area contributed by atoms with Crippen LogP contribution in [0.1, 0.15) is 19.3 Å². The van der Waals surface area contributed by atoms with Crippen LogP contribution in [-0.2, 0) is 19.2 Å². The molecule has 1 aliphatic rings. The molecule has 0 spiro atoms. The number of carbonyl (C=O) groups excluding carboxylic acids is 3. The summed E-state index contributed by atoms with van der Waals surface area (Å²) in [4.78, 5) is 49.3. The smallest absolute Gasteiger partial charge is 0.248 e. The van der Waals surface area contributed by atoms with Crippen molar-refractivity contribution in [2.24, 2.45) is 33.1 Å². The molecule has 12 heteroatoms. The van der Waals surface area contributed by atoms with Crippen LogP contribution in [0.4, 0.5) is 0 Å². The van der Waals surface area contributed by atoms with Gasteiger partial charge >= 0.3 is 0 Å². The van der Waals surface area contributed by atoms with Crippen molar-refractivity contribution in [1.82, 2.24) is 10.6 Å². The van der Waals surface area contributed by atoms with Gasteiger partial charge in [-0.2, -0.15) is 0 Å². The number of primary amides is 1. The maximum Gasteiger partial charge on any atom is 0.248 e. The van der Waals surface area contributed by atoms with E-state index in [2.05, 4.69) is 25.5 Å². The standard InChI is InChI=1S/C19H28N8O4/c20-17(29)14(6-3-7-24-19(21)22)27-18(30)15(26-16(28)10-31-23)8-11-9-25-13-5-2-1-4-12(11)13/h1-2,4-5,14-15H,3,6-10,23H2,(H2,20,29)(H,26,28)(H,27,30)(H4,21,22,24)/t14?,15-/m0/s1. The number of hydrogen-bond acceptors (Lipinski definition) is 7. The molecular weight excluding hydrogens is 404 g/mol. The number of amides is 3. The van der Waals surface area contributed by atoms with Crippen LogP contribution in [0.15, 0.2) is 34.3 Å². The minimum atomic E-state index is -0.974. The molecule has 0 aromatic heterocycles. The Labute approximate surface area is 178 Å². The maximum absolute atomic E-state index is 12.9. The number of para-hydroxylation sites is 1. The molecule has 10 N–H and O–H groups in total. The Morgan fingerprint density at radius 3 is 2.55 bits per heavy atom. The maximum atomic E-state index is 12.9. The molecule has 1 aromatic carbocycles. The molecule has 12 nitrogen and oxygen atoms in total. The number of carbonyl (C=O) groups is 3. The van der Waals surface area contributed by atoms with Crippen molar-refractivity contribution in [3.63, 3.8) is 0 Å². The summed E-state index contributed by atoms with van der Waals surface area (Å²) in [5.74, 6) is 3.04. The molecule has 1 aliphatic heterocycles. The summed E-state index contributed by atoms with van der Waals surface area (Å²) in [6.45, 7) is 0.272. The predicted molar refractivity (Wildman–Crippen MR) is 113 cm³/mol. The zero-order valence-corrected chi connectivity index (χ0v) is 17.0. The SMILES string of the molecule is NOCC(=O)N[C@@H](CC1=c2ccccc2=NC1)C(=O)NC(CCCN=C(N)N)C(N)=O. The van der Waals surface area contributed by atoms with Gasteiger partial charge in [0.2, 0.25) is 17.7 Å². The zero-order valence-electron chi connectivity index (χ0n) is 17.0. The summed E-state index contributed by atoms with van der Waals surface area (Å²) >= 11 is 0. The number of rotatable bonds is 12. The summed E-state index contributed by atoms with van der Waals surface area (Å²) in [6, 6.07) is 5.59. The molecule has 0 radical (unpaired) electrons. The number of hydrogen-bond donors (Lipinski definition) is 6. The second-order valence-corrected chi connectivity index (χ2v) is 6.98. The van der Waals surface area contributed by atoms with Crippen LogP contribution in [0.25, 0.3) is 5.57 Å². The highest BCUT2D eigenvalue weighted by Gasteiger charge is 2.27. The van der Waals surface area contributed by atoms with Crippen LogP contribution in [0, 0.1) is 0 Å². The molecule has 2 rings (SSSR count). The van der Waals surface area contributed by atoms with E-state index in [1.165, 1.54) is 0 Å². The van der Waals surface area contributed by atoms with Crippen molar-refractivity contribution in [1.29, 1.82) is 0 Å². The third-order valence-electron chi connectivity index (χ3n) is 4.65. The Morgan fingerprint density at radius 1 is 1.13 bits per heavy atom. The average molecular weight is 432 g/mol. The second kappa shape index (κ2) is 11.6. The van der Waals surface area contributed by atoms with Gasteiger partial charge in [0.15, 0.2) is 5.96 Å². The average Bonchev–Trinajstić information content (AvgIpc) is 3.12. The van der Waals surface area contributed by atoms with Crippen molar-refractivity contribution in [2.75, 3.05) is 19.7 Å². The van der Waals surface area contributed by atoms with E-state index < -0.39 is 36.4 Å². The first kappa shape index (κ1) is 23.8. The molecule has 0 saturated heterocycles. The van der Waals surface area contributed by atoms with Gasteiger partial charge in [0.05, 0.1) is 11.9 Å². The summed E-state index contributed by atoms with van der Waals surface area (Å²) in [5.41, 5.74) is 16.8. The van der Waals surface area contributed by atoms with Gasteiger partial charge in [0.25, 0.3) is 0 Å². The van der Waals surface area contributed by atoms with Gasteiger partial charge in [-0.05, 0) is 24.5 Å². The monoisotopic (exact) mass is 432 g/mol. The molecule has 1 unspecified atom stereocenters. The van der Waals surface area contributed by atoms with Gasteiger partial charge in [-0.1, -0.05) is 18.2 Å². The summed E-state index contributed by atoms with van der Waals surface area (Å²) in [5, 5.41) is 6.90. The second-order valence-electron chi connectivity index (χ2n) is 6.98. The van der Waals surface area contributed by atoms with Gasteiger partial charge in [-0.25, -0.2) is 5.90 Å². The fraction of sp³-hybridized carbons (Fsp3) is 0.421. The number of nitrogens with two attached hydrogens (primary N) is 4. The molecule has 2 atom stereocenters. The summed E-state index contributed by atoms with van der Waals surface area (Å²) < 4.78 is 0. The van der Waals surface area contributed by atoms with Crippen LogP contribution < -0.4 is 44.3 Å². The van der Waals surface area contributed by atoms with Crippen LogP contribution in [0.5, 0.6) is 0 Å². The van der Waals surface area contributed by atoms with Gasteiger partial charge in [0, 0.05) is 18.2 Å². The molecule has 1 aromatic rings. The lowest BCUT2D eigenvalue weighted by molar-refractivity contribution is -0.133. The Kier molecular flexibility index (Phi) is 8.91. The normalized spacial score (nSPS) is 14.0. The number of aliphatic imine (C=N–C) groups is 1. The topological polar surface area (TPSA) is 213 Å². The lowest BCUT2D eigenvalue weighted by Crippen LogP contribution is -2.53. The first-order chi connectivity index (χ1) is 14.8. The quantitative estimate of drug-likeness (QED) is 0.0839. The van der Waals surface area contributed by atoms with E-state index in [0.717, 1.165) is 16.1 Å². The highest BCUT2D eigenvalue weighted by molar-refractivity contribution is 5.92. The highest BCUT2D eigenvalue weighted by Crippen LogP contribution is 2.09. The highest BCUT2D eigenvalue weighted by atomic mass is 16.6. The first-order valence-corrected chi connectivity index (χ1v) is 9.69.